The van der Waals surface area contributed by atoms with E-state index in [1.807, 2.05) is 24.3 Å². The molecule has 0 saturated heterocycles. The molecule has 4 heteroatoms. The molecule has 0 aliphatic rings. The molecule has 1 aromatic carbocycles. The average Bonchev–Trinajstić information content (AvgIpc) is 2.37. The highest BCUT2D eigenvalue weighted by Crippen LogP contribution is 2.14. The minimum Gasteiger partial charge on any atom is -0.340 e. The number of hydrogen-bond donors (Lipinski definition) is 1. The van der Waals surface area contributed by atoms with E-state index < -0.39 is 0 Å². The largest absolute Gasteiger partial charge is 0.340 e. The van der Waals surface area contributed by atoms with Crippen molar-refractivity contribution in [3.8, 4) is 0 Å². The zero-order valence-corrected chi connectivity index (χ0v) is 9.76. The molecule has 0 spiro atoms. The first kappa shape index (κ1) is 11.5. The monoisotopic (exact) mass is 229 g/mol. The van der Waals surface area contributed by atoms with E-state index in [-0.39, 0.29) is 5.91 Å². The summed E-state index contributed by atoms with van der Waals surface area (Å²) in [6.07, 6.45) is 1.74. The topological polar surface area (TPSA) is 59.2 Å². The van der Waals surface area contributed by atoms with Crippen molar-refractivity contribution in [1.29, 1.82) is 0 Å². The van der Waals surface area contributed by atoms with Crippen molar-refractivity contribution in [2.45, 2.75) is 0 Å². The number of rotatable bonds is 3. The van der Waals surface area contributed by atoms with Crippen LogP contribution in [0.4, 0.5) is 0 Å². The van der Waals surface area contributed by atoms with Crippen molar-refractivity contribution in [2.24, 2.45) is 5.73 Å². The van der Waals surface area contributed by atoms with Crippen molar-refractivity contribution >= 4 is 16.8 Å². The van der Waals surface area contributed by atoms with E-state index in [1.54, 1.807) is 24.2 Å². The second kappa shape index (κ2) is 4.93. The molecule has 0 aliphatic carbocycles. The Hall–Kier alpha value is -1.94. The summed E-state index contributed by atoms with van der Waals surface area (Å²) in [5, 5.41) is 0.972. The minimum absolute atomic E-state index is 0.0128. The van der Waals surface area contributed by atoms with E-state index in [9.17, 15) is 4.79 Å². The predicted molar refractivity (Wildman–Crippen MR) is 67.8 cm³/mol. The Bertz CT molecular complexity index is 539. The smallest absolute Gasteiger partial charge is 0.253 e. The summed E-state index contributed by atoms with van der Waals surface area (Å²) < 4.78 is 0. The Morgan fingerprint density at radius 1 is 1.41 bits per heavy atom. The van der Waals surface area contributed by atoms with Crippen molar-refractivity contribution in [3.05, 3.63) is 42.1 Å². The number of carbonyl (C=O) groups is 1. The molecule has 1 heterocycles. The van der Waals surface area contributed by atoms with Crippen LogP contribution in [-0.2, 0) is 0 Å². The zero-order chi connectivity index (χ0) is 12.3. The number of nitrogens with zero attached hydrogens (tertiary/aromatic N) is 2. The highest BCUT2D eigenvalue weighted by atomic mass is 16.2. The molecule has 0 aliphatic heterocycles. The van der Waals surface area contributed by atoms with Gasteiger partial charge >= 0.3 is 0 Å². The second-order valence-corrected chi connectivity index (χ2v) is 3.93. The van der Waals surface area contributed by atoms with Crippen molar-refractivity contribution in [1.82, 2.24) is 9.88 Å². The van der Waals surface area contributed by atoms with Gasteiger partial charge in [0.05, 0.1) is 5.52 Å². The summed E-state index contributed by atoms with van der Waals surface area (Å²) in [6, 6.07) is 9.32. The van der Waals surface area contributed by atoms with Gasteiger partial charge in [0.1, 0.15) is 0 Å². The van der Waals surface area contributed by atoms with Gasteiger partial charge in [-0.05, 0) is 24.3 Å². The lowest BCUT2D eigenvalue weighted by Gasteiger charge is -2.16. The maximum absolute atomic E-state index is 12.0. The minimum atomic E-state index is -0.0128. The van der Waals surface area contributed by atoms with Gasteiger partial charge in [-0.3, -0.25) is 9.78 Å². The van der Waals surface area contributed by atoms with Gasteiger partial charge in [-0.15, -0.1) is 0 Å². The van der Waals surface area contributed by atoms with Crippen LogP contribution in [0.5, 0.6) is 0 Å². The number of likely N-dealkylation sites (N-methyl/N-ethyl adjacent to an activating group) is 1. The van der Waals surface area contributed by atoms with Crippen LogP contribution in [0.3, 0.4) is 0 Å². The number of nitrogens with two attached hydrogens (primary N) is 1. The van der Waals surface area contributed by atoms with Crippen LogP contribution in [0.25, 0.3) is 10.9 Å². The summed E-state index contributed by atoms with van der Waals surface area (Å²) in [5.74, 6) is -0.0128. The molecule has 0 atom stereocenters. The summed E-state index contributed by atoms with van der Waals surface area (Å²) in [5.41, 5.74) is 6.99. The number of pyridine rings is 1. The quantitative estimate of drug-likeness (QED) is 0.862. The van der Waals surface area contributed by atoms with Crippen LogP contribution in [-0.4, -0.2) is 35.9 Å². The molecule has 88 valence electrons. The third-order valence-corrected chi connectivity index (χ3v) is 2.66. The van der Waals surface area contributed by atoms with E-state index in [4.69, 9.17) is 5.73 Å². The Morgan fingerprint density at radius 2 is 2.24 bits per heavy atom. The lowest BCUT2D eigenvalue weighted by Crippen LogP contribution is -2.31. The maximum atomic E-state index is 12.0. The molecule has 2 N–H and O–H groups in total. The van der Waals surface area contributed by atoms with Crippen molar-refractivity contribution in [3.63, 3.8) is 0 Å². The van der Waals surface area contributed by atoms with Gasteiger partial charge < -0.3 is 10.6 Å². The molecule has 4 nitrogen and oxygen atoms in total. The first-order valence-electron chi connectivity index (χ1n) is 5.52. The first-order valence-corrected chi connectivity index (χ1v) is 5.52. The molecular formula is C13H15N3O. The Kier molecular flexibility index (Phi) is 3.35. The summed E-state index contributed by atoms with van der Waals surface area (Å²) in [6.45, 7) is 1.03. The van der Waals surface area contributed by atoms with Gasteiger partial charge in [0.25, 0.3) is 5.91 Å². The molecule has 2 rings (SSSR count). The zero-order valence-electron chi connectivity index (χ0n) is 9.76. The third kappa shape index (κ3) is 2.42. The van der Waals surface area contributed by atoms with E-state index >= 15 is 0 Å². The van der Waals surface area contributed by atoms with E-state index in [2.05, 4.69) is 4.98 Å². The van der Waals surface area contributed by atoms with E-state index in [0.29, 0.717) is 18.7 Å². The SMILES string of the molecule is CN(CCN)C(=O)c1ccc2ncccc2c1. The average molecular weight is 229 g/mol. The number of hydrogen-bond acceptors (Lipinski definition) is 3. The molecule has 0 saturated carbocycles. The molecule has 0 radical (unpaired) electrons. The van der Waals surface area contributed by atoms with E-state index in [0.717, 1.165) is 10.9 Å². The van der Waals surface area contributed by atoms with Crippen LogP contribution in [0.15, 0.2) is 36.5 Å². The predicted octanol–water partition coefficient (Wildman–Crippen LogP) is 1.27. The Labute approximate surface area is 100 Å². The number of fused-ring (bicyclic) bond motifs is 1. The fourth-order valence-corrected chi connectivity index (χ4v) is 1.72. The highest BCUT2D eigenvalue weighted by Gasteiger charge is 2.11. The molecule has 1 amide bonds. The normalized spacial score (nSPS) is 10.5. The van der Waals surface area contributed by atoms with Gasteiger partial charge in [0.2, 0.25) is 0 Å². The molecule has 0 fully saturated rings. The highest BCUT2D eigenvalue weighted by molar-refractivity contribution is 5.97. The molecular weight excluding hydrogens is 214 g/mol. The van der Waals surface area contributed by atoms with Gasteiger partial charge in [-0.1, -0.05) is 6.07 Å². The summed E-state index contributed by atoms with van der Waals surface area (Å²) >= 11 is 0. The number of amides is 1. The van der Waals surface area contributed by atoms with Crippen molar-refractivity contribution in [2.75, 3.05) is 20.1 Å². The first-order chi connectivity index (χ1) is 8.22. The van der Waals surface area contributed by atoms with Gasteiger partial charge in [-0.25, -0.2) is 0 Å². The fourth-order valence-electron chi connectivity index (χ4n) is 1.72. The molecule has 2 aromatic rings. The molecule has 17 heavy (non-hydrogen) atoms. The molecule has 0 unspecified atom stereocenters. The van der Waals surface area contributed by atoms with Crippen LogP contribution in [0, 0.1) is 0 Å². The summed E-state index contributed by atoms with van der Waals surface area (Å²) in [4.78, 5) is 17.9. The Morgan fingerprint density at radius 3 is 3.00 bits per heavy atom. The fraction of sp³-hybridized carbons (Fsp3) is 0.231. The van der Waals surface area contributed by atoms with Crippen LogP contribution in [0.2, 0.25) is 0 Å². The standard InChI is InChI=1S/C13H15N3O/c1-16(8-6-14)13(17)11-4-5-12-10(9-11)3-2-7-15-12/h2-5,7,9H,6,8,14H2,1H3. The summed E-state index contributed by atoms with van der Waals surface area (Å²) in [7, 11) is 1.75. The molecule has 1 aromatic heterocycles. The van der Waals surface area contributed by atoms with Crippen molar-refractivity contribution < 1.29 is 4.79 Å². The van der Waals surface area contributed by atoms with Gasteiger partial charge in [0.15, 0.2) is 0 Å². The van der Waals surface area contributed by atoms with Crippen LogP contribution in [0.1, 0.15) is 10.4 Å². The second-order valence-electron chi connectivity index (χ2n) is 3.93. The number of benzene rings is 1. The number of aromatic nitrogens is 1. The van der Waals surface area contributed by atoms with Gasteiger partial charge in [0, 0.05) is 37.3 Å². The lowest BCUT2D eigenvalue weighted by atomic mass is 10.1. The third-order valence-electron chi connectivity index (χ3n) is 2.66. The lowest BCUT2D eigenvalue weighted by molar-refractivity contribution is 0.0799. The van der Waals surface area contributed by atoms with E-state index in [1.165, 1.54) is 0 Å². The maximum Gasteiger partial charge on any atom is 0.253 e. The molecule has 0 bridgehead atoms. The van der Waals surface area contributed by atoms with Gasteiger partial charge in [-0.2, -0.15) is 0 Å². The van der Waals surface area contributed by atoms with Crippen LogP contribution < -0.4 is 5.73 Å². The van der Waals surface area contributed by atoms with Crippen LogP contribution >= 0.6 is 0 Å². The number of carbonyl (C=O) groups excluding carboxylic acids is 1. The Balaban J connectivity index is 2.33.